The number of rotatable bonds is 7. The first-order valence-corrected chi connectivity index (χ1v) is 14.4. The average molecular weight is 561 g/mol. The molecule has 3 aromatic rings. The van der Waals surface area contributed by atoms with Gasteiger partial charge in [0.2, 0.25) is 0 Å². The van der Waals surface area contributed by atoms with Gasteiger partial charge >= 0.3 is 11.8 Å². The fraction of sp³-hybridized carbons (Fsp3) is 0.333. The van der Waals surface area contributed by atoms with Crippen molar-refractivity contribution >= 4 is 46.3 Å². The molecule has 0 atom stereocenters. The Kier molecular flexibility index (Phi) is 8.75. The minimum absolute atomic E-state index is 0.00272. The molecule has 1 fully saturated rings. The third kappa shape index (κ3) is 6.69. The number of piperidine rings is 1. The van der Waals surface area contributed by atoms with E-state index in [1.54, 1.807) is 15.9 Å². The second-order valence-electron chi connectivity index (χ2n) is 9.97. The highest BCUT2D eigenvalue weighted by molar-refractivity contribution is 7.12. The standard InChI is InChI=1S/C30H32N4O5S/c35-27(20-39-24-7-2-1-3-8-24)33-15-12-21(13-16-33)19-31-28(36)29(37)32-23-10-11-25-22(18-23)6-4-14-34(25)30(38)26-9-5-17-40-26/h1-3,5,7-11,17-18,21H,4,6,12-16,19-20H2,(H,31,36)(H,32,37). The maximum atomic E-state index is 12.9. The van der Waals surface area contributed by atoms with E-state index in [0.29, 0.717) is 42.5 Å². The molecular formula is C30H32N4O5S. The summed E-state index contributed by atoms with van der Waals surface area (Å²) >= 11 is 1.42. The summed E-state index contributed by atoms with van der Waals surface area (Å²) in [5.41, 5.74) is 2.32. The molecule has 2 N–H and O–H groups in total. The molecule has 0 radical (unpaired) electrons. The number of aryl methyl sites for hydroxylation is 1. The number of hydrogen-bond donors (Lipinski definition) is 2. The van der Waals surface area contributed by atoms with Crippen LogP contribution in [-0.2, 0) is 20.8 Å². The molecule has 4 amide bonds. The van der Waals surface area contributed by atoms with Crippen LogP contribution in [0.15, 0.2) is 66.0 Å². The highest BCUT2D eigenvalue weighted by Crippen LogP contribution is 2.31. The molecular weight excluding hydrogens is 528 g/mol. The second kappa shape index (κ2) is 12.8. The number of carbonyl (C=O) groups is 4. The van der Waals surface area contributed by atoms with Gasteiger partial charge in [0.05, 0.1) is 4.88 Å². The highest BCUT2D eigenvalue weighted by Gasteiger charge is 2.26. The van der Waals surface area contributed by atoms with Crippen molar-refractivity contribution in [3.63, 3.8) is 0 Å². The Morgan fingerprint density at radius 1 is 0.925 bits per heavy atom. The molecule has 1 aromatic heterocycles. The van der Waals surface area contributed by atoms with Crippen molar-refractivity contribution in [3.8, 4) is 5.75 Å². The molecule has 5 rings (SSSR count). The number of nitrogens with one attached hydrogen (secondary N) is 2. The van der Waals surface area contributed by atoms with E-state index in [9.17, 15) is 19.2 Å². The van der Waals surface area contributed by atoms with Gasteiger partial charge in [0.1, 0.15) is 5.75 Å². The monoisotopic (exact) mass is 560 g/mol. The smallest absolute Gasteiger partial charge is 0.313 e. The van der Waals surface area contributed by atoms with E-state index in [4.69, 9.17) is 4.74 Å². The lowest BCUT2D eigenvalue weighted by molar-refractivity contribution is -0.136. The maximum Gasteiger partial charge on any atom is 0.313 e. The van der Waals surface area contributed by atoms with Crippen molar-refractivity contribution in [1.82, 2.24) is 10.2 Å². The number of benzene rings is 2. The maximum absolute atomic E-state index is 12.9. The summed E-state index contributed by atoms with van der Waals surface area (Å²) < 4.78 is 5.55. The fourth-order valence-corrected chi connectivity index (χ4v) is 5.74. The van der Waals surface area contributed by atoms with E-state index < -0.39 is 11.8 Å². The van der Waals surface area contributed by atoms with Gasteiger partial charge in [-0.1, -0.05) is 24.3 Å². The Morgan fingerprint density at radius 3 is 2.48 bits per heavy atom. The van der Waals surface area contributed by atoms with Crippen LogP contribution < -0.4 is 20.3 Å². The Bertz CT molecular complexity index is 1350. The molecule has 2 aliphatic rings. The predicted octanol–water partition coefficient (Wildman–Crippen LogP) is 3.71. The lowest BCUT2D eigenvalue weighted by Gasteiger charge is -2.32. The van der Waals surface area contributed by atoms with Crippen molar-refractivity contribution in [2.45, 2.75) is 25.7 Å². The number of ether oxygens (including phenoxy) is 1. The SMILES string of the molecule is O=C(NCC1CCN(C(=O)COc2ccccc2)CC1)C(=O)Nc1ccc2c(c1)CCCN2C(=O)c1cccs1. The number of para-hydroxylation sites is 1. The Hall–Kier alpha value is -4.18. The fourth-order valence-electron chi connectivity index (χ4n) is 5.06. The molecule has 9 nitrogen and oxygen atoms in total. The first kappa shape index (κ1) is 27.4. The van der Waals surface area contributed by atoms with Gasteiger partial charge in [0, 0.05) is 37.6 Å². The number of anilines is 2. The van der Waals surface area contributed by atoms with E-state index in [2.05, 4.69) is 10.6 Å². The predicted molar refractivity (Wildman–Crippen MR) is 154 cm³/mol. The molecule has 0 bridgehead atoms. The molecule has 2 aliphatic heterocycles. The molecule has 208 valence electrons. The topological polar surface area (TPSA) is 108 Å². The van der Waals surface area contributed by atoms with Gasteiger partial charge in [-0.3, -0.25) is 19.2 Å². The second-order valence-corrected chi connectivity index (χ2v) is 10.9. The van der Waals surface area contributed by atoms with Crippen LogP contribution in [0.2, 0.25) is 0 Å². The summed E-state index contributed by atoms with van der Waals surface area (Å²) in [7, 11) is 0. The molecule has 0 spiro atoms. The molecule has 3 heterocycles. The quantitative estimate of drug-likeness (QED) is 0.429. The van der Waals surface area contributed by atoms with Gasteiger partial charge in [0.25, 0.3) is 11.8 Å². The minimum atomic E-state index is -0.729. The number of thiophene rings is 1. The third-order valence-electron chi connectivity index (χ3n) is 7.26. The van der Waals surface area contributed by atoms with E-state index in [1.807, 2.05) is 60.0 Å². The van der Waals surface area contributed by atoms with Gasteiger partial charge in [-0.15, -0.1) is 11.3 Å². The van der Waals surface area contributed by atoms with Crippen molar-refractivity contribution in [2.24, 2.45) is 5.92 Å². The van der Waals surface area contributed by atoms with Crippen LogP contribution in [0, 0.1) is 5.92 Å². The number of nitrogens with zero attached hydrogens (tertiary/aromatic N) is 2. The molecule has 40 heavy (non-hydrogen) atoms. The van der Waals surface area contributed by atoms with Crippen LogP contribution in [0.1, 0.15) is 34.5 Å². The van der Waals surface area contributed by atoms with Crippen molar-refractivity contribution < 1.29 is 23.9 Å². The number of likely N-dealkylation sites (tertiary alicyclic amines) is 1. The first-order chi connectivity index (χ1) is 19.5. The van der Waals surface area contributed by atoms with Crippen LogP contribution in [0.5, 0.6) is 5.75 Å². The highest BCUT2D eigenvalue weighted by atomic mass is 32.1. The van der Waals surface area contributed by atoms with E-state index >= 15 is 0 Å². The molecule has 10 heteroatoms. The van der Waals surface area contributed by atoms with E-state index in [-0.39, 0.29) is 24.3 Å². The van der Waals surface area contributed by atoms with Crippen LogP contribution >= 0.6 is 11.3 Å². The Balaban J connectivity index is 1.06. The summed E-state index contributed by atoms with van der Waals surface area (Å²) in [5, 5.41) is 7.30. The van der Waals surface area contributed by atoms with Gasteiger partial charge in [-0.2, -0.15) is 0 Å². The van der Waals surface area contributed by atoms with Gasteiger partial charge in [-0.05, 0) is 78.9 Å². The van der Waals surface area contributed by atoms with Crippen LogP contribution in [0.4, 0.5) is 11.4 Å². The van der Waals surface area contributed by atoms with Crippen LogP contribution in [0.3, 0.4) is 0 Å². The number of hydrogen-bond acceptors (Lipinski definition) is 6. The zero-order valence-electron chi connectivity index (χ0n) is 22.1. The zero-order chi connectivity index (χ0) is 27.9. The molecule has 2 aromatic carbocycles. The van der Waals surface area contributed by atoms with Crippen molar-refractivity contribution in [3.05, 3.63) is 76.5 Å². The number of fused-ring (bicyclic) bond motifs is 1. The van der Waals surface area contributed by atoms with Crippen LogP contribution in [0.25, 0.3) is 0 Å². The molecule has 0 aliphatic carbocycles. The Morgan fingerprint density at radius 2 is 1.73 bits per heavy atom. The minimum Gasteiger partial charge on any atom is -0.484 e. The Labute approximate surface area is 237 Å². The van der Waals surface area contributed by atoms with E-state index in [1.165, 1.54) is 11.3 Å². The number of amides is 4. The van der Waals surface area contributed by atoms with Crippen molar-refractivity contribution in [1.29, 1.82) is 0 Å². The summed E-state index contributed by atoms with van der Waals surface area (Å²) in [6.45, 7) is 2.19. The lowest BCUT2D eigenvalue weighted by atomic mass is 9.96. The normalized spacial score (nSPS) is 15.2. The molecule has 0 saturated carbocycles. The van der Waals surface area contributed by atoms with E-state index in [0.717, 1.165) is 36.9 Å². The average Bonchev–Trinajstić information content (AvgIpc) is 3.54. The zero-order valence-corrected chi connectivity index (χ0v) is 23.0. The van der Waals surface area contributed by atoms with Gasteiger partial charge < -0.3 is 25.2 Å². The summed E-state index contributed by atoms with van der Waals surface area (Å²) in [5.74, 6) is -0.660. The summed E-state index contributed by atoms with van der Waals surface area (Å²) in [6.07, 6.45) is 3.10. The molecule has 1 saturated heterocycles. The summed E-state index contributed by atoms with van der Waals surface area (Å²) in [6, 6.07) is 18.3. The third-order valence-corrected chi connectivity index (χ3v) is 8.12. The van der Waals surface area contributed by atoms with Gasteiger partial charge in [0.15, 0.2) is 6.61 Å². The van der Waals surface area contributed by atoms with Gasteiger partial charge in [-0.25, -0.2) is 0 Å². The molecule has 0 unspecified atom stereocenters. The summed E-state index contributed by atoms with van der Waals surface area (Å²) in [4.78, 5) is 54.7. The van der Waals surface area contributed by atoms with Crippen LogP contribution in [-0.4, -0.2) is 61.3 Å². The van der Waals surface area contributed by atoms with Crippen molar-refractivity contribution in [2.75, 3.05) is 43.0 Å². The number of carbonyl (C=O) groups excluding carboxylic acids is 4. The first-order valence-electron chi connectivity index (χ1n) is 13.5. The lowest BCUT2D eigenvalue weighted by Crippen LogP contribution is -2.44. The largest absolute Gasteiger partial charge is 0.484 e.